The number of phenolic OH excluding ortho intramolecular Hbond substituents is 1. The van der Waals surface area contributed by atoms with Gasteiger partial charge in [-0.15, -0.1) is 0 Å². The molecule has 1 saturated heterocycles. The van der Waals surface area contributed by atoms with Gasteiger partial charge in [-0.1, -0.05) is 18.2 Å². The van der Waals surface area contributed by atoms with E-state index in [0.29, 0.717) is 25.3 Å². The zero-order chi connectivity index (χ0) is 13.7. The van der Waals surface area contributed by atoms with Crippen molar-refractivity contribution in [2.24, 2.45) is 0 Å². The highest BCUT2D eigenvalue weighted by Crippen LogP contribution is 2.21. The van der Waals surface area contributed by atoms with Crippen LogP contribution in [0.1, 0.15) is 12.0 Å². The molecule has 1 aliphatic heterocycles. The van der Waals surface area contributed by atoms with Gasteiger partial charge in [0, 0.05) is 32.2 Å². The van der Waals surface area contributed by atoms with E-state index in [4.69, 9.17) is 9.47 Å². The zero-order valence-electron chi connectivity index (χ0n) is 11.0. The van der Waals surface area contributed by atoms with Crippen LogP contribution in [0.4, 0.5) is 0 Å². The van der Waals surface area contributed by atoms with Gasteiger partial charge in [0.25, 0.3) is 0 Å². The smallest absolute Gasteiger partial charge is 0.224 e. The van der Waals surface area contributed by atoms with Crippen LogP contribution in [0, 0.1) is 0 Å². The summed E-state index contributed by atoms with van der Waals surface area (Å²) in [7, 11) is 1.63. The number of amides is 1. The van der Waals surface area contributed by atoms with Crippen LogP contribution in [0.5, 0.6) is 5.75 Å². The topological polar surface area (TPSA) is 67.8 Å². The van der Waals surface area contributed by atoms with E-state index in [9.17, 15) is 9.90 Å². The van der Waals surface area contributed by atoms with Crippen LogP contribution in [0.3, 0.4) is 0 Å². The van der Waals surface area contributed by atoms with Gasteiger partial charge in [0.1, 0.15) is 11.4 Å². The third-order valence-corrected chi connectivity index (χ3v) is 3.45. The molecule has 1 fully saturated rings. The van der Waals surface area contributed by atoms with Crippen molar-refractivity contribution in [1.29, 1.82) is 0 Å². The third-order valence-electron chi connectivity index (χ3n) is 3.45. The Labute approximate surface area is 112 Å². The number of carbonyl (C=O) groups is 1. The normalized spacial score (nSPS) is 22.4. The SMILES string of the molecule is COC1(CNC(=O)Cc2ccccc2O)CCOC1. The van der Waals surface area contributed by atoms with Gasteiger partial charge in [0.15, 0.2) is 0 Å². The molecule has 1 atom stereocenters. The van der Waals surface area contributed by atoms with Gasteiger partial charge in [0.05, 0.1) is 13.0 Å². The van der Waals surface area contributed by atoms with Gasteiger partial charge in [-0.3, -0.25) is 4.79 Å². The lowest BCUT2D eigenvalue weighted by molar-refractivity contribution is -0.122. The molecule has 1 aliphatic rings. The van der Waals surface area contributed by atoms with Crippen LogP contribution in [-0.2, 0) is 20.7 Å². The summed E-state index contributed by atoms with van der Waals surface area (Å²) in [4.78, 5) is 11.9. The first kappa shape index (κ1) is 13.8. The van der Waals surface area contributed by atoms with Crippen molar-refractivity contribution < 1.29 is 19.4 Å². The van der Waals surface area contributed by atoms with Crippen molar-refractivity contribution in [2.75, 3.05) is 26.9 Å². The Morgan fingerprint density at radius 2 is 2.32 bits per heavy atom. The molecule has 1 aromatic rings. The van der Waals surface area contributed by atoms with E-state index >= 15 is 0 Å². The second kappa shape index (κ2) is 6.04. The highest BCUT2D eigenvalue weighted by molar-refractivity contribution is 5.79. The predicted molar refractivity (Wildman–Crippen MR) is 70.0 cm³/mol. The maximum absolute atomic E-state index is 11.9. The summed E-state index contributed by atoms with van der Waals surface area (Å²) >= 11 is 0. The van der Waals surface area contributed by atoms with E-state index in [1.54, 1.807) is 31.4 Å². The van der Waals surface area contributed by atoms with Gasteiger partial charge in [-0.05, 0) is 6.07 Å². The monoisotopic (exact) mass is 265 g/mol. The lowest BCUT2D eigenvalue weighted by Gasteiger charge is -2.25. The maximum Gasteiger partial charge on any atom is 0.224 e. The molecule has 0 bridgehead atoms. The molecule has 0 aliphatic carbocycles. The predicted octanol–water partition coefficient (Wildman–Crippen LogP) is 0.856. The maximum atomic E-state index is 11.9. The first-order valence-corrected chi connectivity index (χ1v) is 6.32. The van der Waals surface area contributed by atoms with Crippen molar-refractivity contribution in [3.63, 3.8) is 0 Å². The van der Waals surface area contributed by atoms with Crippen molar-refractivity contribution in [3.05, 3.63) is 29.8 Å². The number of ether oxygens (including phenoxy) is 2. The molecule has 19 heavy (non-hydrogen) atoms. The standard InChI is InChI=1S/C14H19NO4/c1-18-14(6-7-19-10-14)9-15-13(17)8-11-4-2-3-5-12(11)16/h2-5,16H,6-10H2,1H3,(H,15,17). The summed E-state index contributed by atoms with van der Waals surface area (Å²) in [5.41, 5.74) is 0.211. The number of methoxy groups -OCH3 is 1. The number of benzene rings is 1. The molecule has 1 unspecified atom stereocenters. The van der Waals surface area contributed by atoms with E-state index in [1.807, 2.05) is 0 Å². The Kier molecular flexibility index (Phi) is 4.39. The van der Waals surface area contributed by atoms with Gasteiger partial charge in [0.2, 0.25) is 5.91 Å². The minimum absolute atomic E-state index is 0.134. The molecule has 104 valence electrons. The first-order chi connectivity index (χ1) is 9.15. The summed E-state index contributed by atoms with van der Waals surface area (Å²) in [6, 6.07) is 6.83. The van der Waals surface area contributed by atoms with Crippen LogP contribution < -0.4 is 5.32 Å². The molecule has 5 nitrogen and oxygen atoms in total. The fourth-order valence-electron chi connectivity index (χ4n) is 2.12. The lowest BCUT2D eigenvalue weighted by Crippen LogP contribution is -2.45. The largest absolute Gasteiger partial charge is 0.508 e. The summed E-state index contributed by atoms with van der Waals surface area (Å²) < 4.78 is 10.7. The average Bonchev–Trinajstić information content (AvgIpc) is 2.89. The molecule has 1 aromatic carbocycles. The molecular weight excluding hydrogens is 246 g/mol. The van der Waals surface area contributed by atoms with Crippen molar-refractivity contribution in [3.8, 4) is 5.75 Å². The Hall–Kier alpha value is -1.59. The number of nitrogens with one attached hydrogen (secondary N) is 1. The molecule has 0 aromatic heterocycles. The molecular formula is C14H19NO4. The first-order valence-electron chi connectivity index (χ1n) is 6.32. The second-order valence-corrected chi connectivity index (χ2v) is 4.77. The molecule has 0 saturated carbocycles. The Morgan fingerprint density at radius 1 is 1.53 bits per heavy atom. The van der Waals surface area contributed by atoms with Crippen molar-refractivity contribution in [2.45, 2.75) is 18.4 Å². The van der Waals surface area contributed by atoms with Gasteiger partial charge >= 0.3 is 0 Å². The quantitative estimate of drug-likeness (QED) is 0.828. The number of hydrogen-bond donors (Lipinski definition) is 2. The van der Waals surface area contributed by atoms with Crippen LogP contribution >= 0.6 is 0 Å². The van der Waals surface area contributed by atoms with E-state index in [0.717, 1.165) is 6.42 Å². The van der Waals surface area contributed by atoms with Gasteiger partial charge in [-0.2, -0.15) is 0 Å². The van der Waals surface area contributed by atoms with Crippen LogP contribution in [0.15, 0.2) is 24.3 Å². The summed E-state index contributed by atoms with van der Waals surface area (Å²) in [5, 5.41) is 12.4. The number of hydrogen-bond acceptors (Lipinski definition) is 4. The Bertz CT molecular complexity index is 441. The van der Waals surface area contributed by atoms with Crippen molar-refractivity contribution >= 4 is 5.91 Å². The molecule has 1 amide bonds. The average molecular weight is 265 g/mol. The van der Waals surface area contributed by atoms with E-state index in [1.165, 1.54) is 0 Å². The lowest BCUT2D eigenvalue weighted by atomic mass is 10.0. The zero-order valence-corrected chi connectivity index (χ0v) is 11.0. The second-order valence-electron chi connectivity index (χ2n) is 4.77. The number of carbonyl (C=O) groups excluding carboxylic acids is 1. The summed E-state index contributed by atoms with van der Waals surface area (Å²) in [5.74, 6) is 0.00753. The summed E-state index contributed by atoms with van der Waals surface area (Å²) in [6.45, 7) is 1.58. The fraction of sp³-hybridized carbons (Fsp3) is 0.500. The number of para-hydroxylation sites is 1. The third kappa shape index (κ3) is 3.45. The van der Waals surface area contributed by atoms with Crippen LogP contribution in [0.2, 0.25) is 0 Å². The van der Waals surface area contributed by atoms with Crippen LogP contribution in [-0.4, -0.2) is 43.5 Å². The molecule has 2 rings (SSSR count). The van der Waals surface area contributed by atoms with Gasteiger partial charge in [-0.25, -0.2) is 0 Å². The molecule has 2 N–H and O–H groups in total. The highest BCUT2D eigenvalue weighted by Gasteiger charge is 2.35. The van der Waals surface area contributed by atoms with E-state index in [-0.39, 0.29) is 18.1 Å². The fourth-order valence-corrected chi connectivity index (χ4v) is 2.12. The molecule has 1 heterocycles. The number of phenols is 1. The minimum Gasteiger partial charge on any atom is -0.508 e. The summed E-state index contributed by atoms with van der Waals surface area (Å²) in [6.07, 6.45) is 0.938. The Balaban J connectivity index is 1.86. The minimum atomic E-state index is -0.408. The molecule has 5 heteroatoms. The van der Waals surface area contributed by atoms with E-state index < -0.39 is 5.60 Å². The highest BCUT2D eigenvalue weighted by atomic mass is 16.5. The molecule has 0 spiro atoms. The van der Waals surface area contributed by atoms with Crippen LogP contribution in [0.25, 0.3) is 0 Å². The Morgan fingerprint density at radius 3 is 2.95 bits per heavy atom. The van der Waals surface area contributed by atoms with Crippen molar-refractivity contribution in [1.82, 2.24) is 5.32 Å². The van der Waals surface area contributed by atoms with Gasteiger partial charge < -0.3 is 19.9 Å². The molecule has 0 radical (unpaired) electrons. The van der Waals surface area contributed by atoms with E-state index in [2.05, 4.69) is 5.32 Å². The number of aromatic hydroxyl groups is 1. The number of rotatable bonds is 5.